The molecular formula is C34H37N3O4. The molecule has 0 bridgehead atoms. The zero-order valence-electron chi connectivity index (χ0n) is 22.9. The summed E-state index contributed by atoms with van der Waals surface area (Å²) in [4.78, 5) is 25.8. The van der Waals surface area contributed by atoms with Crippen LogP contribution in [0.5, 0.6) is 0 Å². The normalized spacial score (nSPS) is 13.9. The van der Waals surface area contributed by atoms with Gasteiger partial charge in [0.25, 0.3) is 11.8 Å². The number of amides is 2. The fraction of sp³-hybridized carbons (Fsp3) is 0.235. The highest BCUT2D eigenvalue weighted by Crippen LogP contribution is 2.10. The van der Waals surface area contributed by atoms with E-state index in [-0.39, 0.29) is 24.9 Å². The molecule has 0 aliphatic heterocycles. The lowest BCUT2D eigenvalue weighted by atomic mass is 9.99. The van der Waals surface area contributed by atoms with Crippen LogP contribution in [0, 0.1) is 0 Å². The number of carbonyl (C=O) groups excluding carboxylic acids is 2. The third-order valence-electron chi connectivity index (χ3n) is 6.94. The summed E-state index contributed by atoms with van der Waals surface area (Å²) in [5.41, 5.74) is 2.99. The summed E-state index contributed by atoms with van der Waals surface area (Å²) in [6.07, 6.45) is -0.980. The largest absolute Gasteiger partial charge is 0.390 e. The average Bonchev–Trinajstić information content (AvgIpc) is 3.02. The molecule has 5 N–H and O–H groups in total. The van der Waals surface area contributed by atoms with Gasteiger partial charge in [-0.1, -0.05) is 97.1 Å². The van der Waals surface area contributed by atoms with Gasteiger partial charge in [0.2, 0.25) is 0 Å². The van der Waals surface area contributed by atoms with Crippen molar-refractivity contribution >= 4 is 11.8 Å². The molecule has 0 aromatic heterocycles. The molecule has 0 saturated heterocycles. The van der Waals surface area contributed by atoms with Gasteiger partial charge in [0, 0.05) is 24.2 Å². The number of benzene rings is 4. The molecule has 4 aromatic rings. The minimum atomic E-state index is -0.929. The van der Waals surface area contributed by atoms with Gasteiger partial charge >= 0.3 is 0 Å². The predicted octanol–water partition coefficient (Wildman–Crippen LogP) is 3.38. The second-order valence-corrected chi connectivity index (χ2v) is 10.1. The Morgan fingerprint density at radius 1 is 0.512 bits per heavy atom. The first-order chi connectivity index (χ1) is 20.0. The topological polar surface area (TPSA) is 111 Å². The van der Waals surface area contributed by atoms with Crippen LogP contribution in [0.4, 0.5) is 0 Å². The van der Waals surface area contributed by atoms with E-state index in [0.717, 1.165) is 11.1 Å². The second kappa shape index (κ2) is 15.5. The zero-order chi connectivity index (χ0) is 28.9. The zero-order valence-corrected chi connectivity index (χ0v) is 22.9. The van der Waals surface area contributed by atoms with Crippen LogP contribution in [0.15, 0.2) is 121 Å². The molecule has 212 valence electrons. The predicted molar refractivity (Wildman–Crippen MR) is 161 cm³/mol. The third kappa shape index (κ3) is 9.39. The number of aliphatic hydroxyl groups excluding tert-OH is 2. The SMILES string of the molecule is O=C(NC(Cc1ccccc1)C(O)CNC[C@H](O)C(Cc1ccccc1)NC(=O)c1ccccc1)c1ccccc1. The van der Waals surface area contributed by atoms with E-state index in [2.05, 4.69) is 16.0 Å². The maximum absolute atomic E-state index is 12.9. The number of aliphatic hydroxyl groups is 2. The molecule has 7 nitrogen and oxygen atoms in total. The Kier molecular flexibility index (Phi) is 11.2. The maximum atomic E-state index is 12.9. The fourth-order valence-electron chi connectivity index (χ4n) is 4.65. The molecule has 0 saturated carbocycles. The van der Waals surface area contributed by atoms with Crippen LogP contribution in [0.2, 0.25) is 0 Å². The molecular weight excluding hydrogens is 514 g/mol. The summed E-state index contributed by atoms with van der Waals surface area (Å²) < 4.78 is 0. The summed E-state index contributed by atoms with van der Waals surface area (Å²) in [5, 5.41) is 31.3. The molecule has 2 amide bonds. The van der Waals surface area contributed by atoms with Crippen LogP contribution in [0.3, 0.4) is 0 Å². The molecule has 0 aliphatic rings. The van der Waals surface area contributed by atoms with E-state index < -0.39 is 24.3 Å². The maximum Gasteiger partial charge on any atom is 0.251 e. The van der Waals surface area contributed by atoms with Crippen molar-refractivity contribution in [1.29, 1.82) is 0 Å². The van der Waals surface area contributed by atoms with Crippen LogP contribution in [0.1, 0.15) is 31.8 Å². The van der Waals surface area contributed by atoms with Gasteiger partial charge in [-0.2, -0.15) is 0 Å². The van der Waals surface area contributed by atoms with Crippen LogP contribution in [0.25, 0.3) is 0 Å². The summed E-state index contributed by atoms with van der Waals surface area (Å²) in [5.74, 6) is -0.533. The van der Waals surface area contributed by atoms with Gasteiger partial charge in [-0.05, 0) is 48.2 Å². The number of nitrogens with one attached hydrogen (secondary N) is 3. The van der Waals surface area contributed by atoms with E-state index in [9.17, 15) is 19.8 Å². The van der Waals surface area contributed by atoms with Crippen molar-refractivity contribution in [2.75, 3.05) is 13.1 Å². The van der Waals surface area contributed by atoms with Gasteiger partial charge in [-0.15, -0.1) is 0 Å². The fourth-order valence-corrected chi connectivity index (χ4v) is 4.65. The Bertz CT molecular complexity index is 1230. The number of hydrogen-bond acceptors (Lipinski definition) is 5. The minimum absolute atomic E-state index is 0.133. The first-order valence-corrected chi connectivity index (χ1v) is 13.9. The molecule has 0 fully saturated rings. The van der Waals surface area contributed by atoms with Gasteiger partial charge < -0.3 is 26.2 Å². The minimum Gasteiger partial charge on any atom is -0.390 e. The van der Waals surface area contributed by atoms with Gasteiger partial charge in [0.05, 0.1) is 24.3 Å². The standard InChI is InChI=1S/C34H37N3O4/c38-31(29(21-25-13-5-1-6-14-25)36-33(40)27-17-9-3-10-18-27)23-35-24-32(39)30(22-26-15-7-2-8-16-26)37-34(41)28-19-11-4-12-20-28/h1-20,29-32,35,38-39H,21-24H2,(H,36,40)(H,37,41)/t29?,30?,31-,32?/m0/s1. The monoisotopic (exact) mass is 551 g/mol. The summed E-state index contributed by atoms with van der Waals surface area (Å²) in [6, 6.07) is 36.0. The molecule has 4 rings (SSSR count). The Morgan fingerprint density at radius 2 is 0.829 bits per heavy atom. The summed E-state index contributed by atoms with van der Waals surface area (Å²) >= 11 is 0. The molecule has 0 spiro atoms. The highest BCUT2D eigenvalue weighted by molar-refractivity contribution is 5.94. The highest BCUT2D eigenvalue weighted by Gasteiger charge is 2.25. The van der Waals surface area contributed by atoms with Gasteiger partial charge in [-0.3, -0.25) is 9.59 Å². The van der Waals surface area contributed by atoms with Gasteiger partial charge in [0.1, 0.15) is 0 Å². The first-order valence-electron chi connectivity index (χ1n) is 13.9. The molecule has 0 radical (unpaired) electrons. The highest BCUT2D eigenvalue weighted by atomic mass is 16.3. The van der Waals surface area contributed by atoms with Crippen LogP contribution < -0.4 is 16.0 Å². The molecule has 41 heavy (non-hydrogen) atoms. The van der Waals surface area contributed by atoms with E-state index in [4.69, 9.17) is 0 Å². The van der Waals surface area contributed by atoms with Gasteiger partial charge in [0.15, 0.2) is 0 Å². The Labute approximate surface area is 241 Å². The van der Waals surface area contributed by atoms with E-state index >= 15 is 0 Å². The lowest BCUT2D eigenvalue weighted by molar-refractivity contribution is 0.0769. The van der Waals surface area contributed by atoms with Crippen molar-refractivity contribution in [1.82, 2.24) is 16.0 Å². The number of rotatable bonds is 14. The lowest BCUT2D eigenvalue weighted by Gasteiger charge is -2.27. The van der Waals surface area contributed by atoms with Crippen molar-refractivity contribution in [3.05, 3.63) is 144 Å². The van der Waals surface area contributed by atoms with Crippen molar-refractivity contribution in [2.45, 2.75) is 37.1 Å². The van der Waals surface area contributed by atoms with E-state index in [0.29, 0.717) is 24.0 Å². The molecule has 4 atom stereocenters. The lowest BCUT2D eigenvalue weighted by Crippen LogP contribution is -2.52. The third-order valence-corrected chi connectivity index (χ3v) is 6.94. The summed E-state index contributed by atoms with van der Waals surface area (Å²) in [7, 11) is 0. The quantitative estimate of drug-likeness (QED) is 0.165. The van der Waals surface area contributed by atoms with Crippen LogP contribution in [-0.2, 0) is 12.8 Å². The molecule has 4 aromatic carbocycles. The van der Waals surface area contributed by atoms with Crippen molar-refractivity contribution in [3.63, 3.8) is 0 Å². The van der Waals surface area contributed by atoms with Crippen molar-refractivity contribution in [2.24, 2.45) is 0 Å². The van der Waals surface area contributed by atoms with E-state index in [1.165, 1.54) is 0 Å². The van der Waals surface area contributed by atoms with Gasteiger partial charge in [-0.25, -0.2) is 0 Å². The Balaban J connectivity index is 1.39. The first kappa shape index (κ1) is 29.7. The Hall–Kier alpha value is -4.30. The summed E-state index contributed by atoms with van der Waals surface area (Å²) in [6.45, 7) is 0.267. The smallest absolute Gasteiger partial charge is 0.251 e. The molecule has 7 heteroatoms. The van der Waals surface area contributed by atoms with Crippen molar-refractivity contribution < 1.29 is 19.8 Å². The molecule has 0 heterocycles. The molecule has 3 unspecified atom stereocenters. The van der Waals surface area contributed by atoms with E-state index in [1.54, 1.807) is 48.5 Å². The van der Waals surface area contributed by atoms with Crippen molar-refractivity contribution in [3.8, 4) is 0 Å². The Morgan fingerprint density at radius 3 is 1.17 bits per heavy atom. The molecule has 0 aliphatic carbocycles. The average molecular weight is 552 g/mol. The van der Waals surface area contributed by atoms with E-state index in [1.807, 2.05) is 72.8 Å². The number of carbonyl (C=O) groups is 2. The number of hydrogen-bond donors (Lipinski definition) is 5. The van der Waals surface area contributed by atoms with Crippen LogP contribution in [-0.4, -0.2) is 59.4 Å². The van der Waals surface area contributed by atoms with Crippen LogP contribution >= 0.6 is 0 Å². The second-order valence-electron chi connectivity index (χ2n) is 10.1.